The first kappa shape index (κ1) is 14.3. The first-order valence-electron chi connectivity index (χ1n) is 6.98. The lowest BCUT2D eigenvalue weighted by molar-refractivity contribution is -0.122. The van der Waals surface area contributed by atoms with Crippen molar-refractivity contribution in [1.82, 2.24) is 0 Å². The minimum Gasteiger partial charge on any atom is -0.497 e. The van der Waals surface area contributed by atoms with Crippen LogP contribution in [0.5, 0.6) is 17.2 Å². The van der Waals surface area contributed by atoms with Crippen molar-refractivity contribution in [2.45, 2.75) is 12.5 Å². The van der Waals surface area contributed by atoms with Gasteiger partial charge in [0.05, 0.1) is 14.2 Å². The zero-order valence-corrected chi connectivity index (χ0v) is 12.5. The average molecular weight is 299 g/mol. The van der Waals surface area contributed by atoms with E-state index >= 15 is 0 Å². The van der Waals surface area contributed by atoms with Crippen LogP contribution in [0.15, 0.2) is 42.5 Å². The molecule has 0 saturated carbocycles. The maximum Gasteiger partial charge on any atom is 0.265 e. The van der Waals surface area contributed by atoms with Gasteiger partial charge in [-0.2, -0.15) is 0 Å². The molecular weight excluding hydrogens is 282 g/mol. The highest BCUT2D eigenvalue weighted by molar-refractivity contribution is 5.95. The van der Waals surface area contributed by atoms with Gasteiger partial charge in [-0.05, 0) is 11.6 Å². The summed E-state index contributed by atoms with van der Waals surface area (Å²) in [6.07, 6.45) is 0.0536. The molecule has 0 aromatic heterocycles. The molecule has 1 aliphatic heterocycles. The topological polar surface area (TPSA) is 56.8 Å². The lowest BCUT2D eigenvalue weighted by atomic mass is 10.1. The second-order valence-corrected chi connectivity index (χ2v) is 5.01. The number of para-hydroxylation sites is 1. The number of anilines is 1. The van der Waals surface area contributed by atoms with E-state index in [0.29, 0.717) is 23.6 Å². The Morgan fingerprint density at radius 2 is 1.82 bits per heavy atom. The number of carbonyl (C=O) groups is 1. The Balaban J connectivity index is 1.73. The number of fused-ring (bicyclic) bond motifs is 1. The number of hydrogen-bond acceptors (Lipinski definition) is 4. The van der Waals surface area contributed by atoms with E-state index in [1.54, 1.807) is 32.4 Å². The minimum atomic E-state index is -0.519. The molecular formula is C17H17NO4. The Morgan fingerprint density at radius 3 is 2.45 bits per heavy atom. The molecule has 1 N–H and O–H groups in total. The molecule has 1 heterocycles. The second kappa shape index (κ2) is 5.97. The fraction of sp³-hybridized carbons (Fsp3) is 0.235. The number of ether oxygens (including phenoxy) is 3. The molecule has 0 saturated heterocycles. The number of hydrogen-bond donors (Lipinski definition) is 1. The highest BCUT2D eigenvalue weighted by atomic mass is 16.5. The van der Waals surface area contributed by atoms with Gasteiger partial charge < -0.3 is 19.5 Å². The number of benzene rings is 2. The summed E-state index contributed by atoms with van der Waals surface area (Å²) in [6, 6.07) is 12.9. The number of amides is 1. The van der Waals surface area contributed by atoms with Gasteiger partial charge in [0.1, 0.15) is 17.2 Å². The molecule has 2 aromatic carbocycles. The van der Waals surface area contributed by atoms with Crippen LogP contribution >= 0.6 is 0 Å². The summed E-state index contributed by atoms with van der Waals surface area (Å²) < 4.78 is 16.1. The summed E-state index contributed by atoms with van der Waals surface area (Å²) in [5.74, 6) is 1.81. The van der Waals surface area contributed by atoms with Crippen LogP contribution in [0, 0.1) is 0 Å². The highest BCUT2D eigenvalue weighted by Crippen LogP contribution is 2.30. The first-order valence-corrected chi connectivity index (χ1v) is 6.98. The van der Waals surface area contributed by atoms with Crippen molar-refractivity contribution in [2.24, 2.45) is 0 Å². The van der Waals surface area contributed by atoms with Crippen molar-refractivity contribution in [1.29, 1.82) is 0 Å². The molecule has 5 heteroatoms. The molecule has 0 radical (unpaired) electrons. The van der Waals surface area contributed by atoms with Crippen molar-refractivity contribution in [2.75, 3.05) is 19.5 Å². The fourth-order valence-electron chi connectivity index (χ4n) is 2.43. The van der Waals surface area contributed by atoms with Crippen LogP contribution in [-0.4, -0.2) is 26.2 Å². The van der Waals surface area contributed by atoms with E-state index in [1.165, 1.54) is 0 Å². The van der Waals surface area contributed by atoms with Gasteiger partial charge in [-0.1, -0.05) is 18.2 Å². The predicted octanol–water partition coefficient (Wildman–Crippen LogP) is 2.65. The van der Waals surface area contributed by atoms with Gasteiger partial charge >= 0.3 is 0 Å². The third-order valence-corrected chi connectivity index (χ3v) is 3.56. The number of rotatable bonds is 4. The van der Waals surface area contributed by atoms with Crippen molar-refractivity contribution in [3.05, 3.63) is 48.0 Å². The molecule has 0 spiro atoms. The summed E-state index contributed by atoms with van der Waals surface area (Å²) in [5, 5.41) is 2.84. The summed E-state index contributed by atoms with van der Waals surface area (Å²) in [5.41, 5.74) is 1.66. The predicted molar refractivity (Wildman–Crippen MR) is 82.7 cm³/mol. The first-order chi connectivity index (χ1) is 10.7. The molecule has 3 rings (SSSR count). The summed E-state index contributed by atoms with van der Waals surface area (Å²) >= 11 is 0. The van der Waals surface area contributed by atoms with Gasteiger partial charge in [0, 0.05) is 30.3 Å². The maximum atomic E-state index is 12.4. The quantitative estimate of drug-likeness (QED) is 0.943. The molecule has 5 nitrogen and oxygen atoms in total. The highest BCUT2D eigenvalue weighted by Gasteiger charge is 2.28. The molecule has 0 fully saturated rings. The number of methoxy groups -OCH3 is 2. The molecule has 114 valence electrons. The van der Waals surface area contributed by atoms with E-state index in [9.17, 15) is 4.79 Å². The SMILES string of the molecule is COc1cc(NC(=O)[C@H]2Cc3ccccc3O2)cc(OC)c1. The van der Waals surface area contributed by atoms with E-state index in [2.05, 4.69) is 5.32 Å². The number of carbonyl (C=O) groups excluding carboxylic acids is 1. The minimum absolute atomic E-state index is 0.188. The third kappa shape index (κ3) is 2.83. The zero-order valence-electron chi connectivity index (χ0n) is 12.5. The average Bonchev–Trinajstić information content (AvgIpc) is 2.98. The van der Waals surface area contributed by atoms with E-state index < -0.39 is 6.10 Å². The van der Waals surface area contributed by atoms with Crippen LogP contribution in [-0.2, 0) is 11.2 Å². The maximum absolute atomic E-state index is 12.4. The van der Waals surface area contributed by atoms with Crippen LogP contribution in [0.3, 0.4) is 0 Å². The molecule has 22 heavy (non-hydrogen) atoms. The number of nitrogens with one attached hydrogen (secondary N) is 1. The molecule has 0 aliphatic carbocycles. The van der Waals surface area contributed by atoms with Gasteiger partial charge in [0.2, 0.25) is 0 Å². The molecule has 1 aliphatic rings. The molecule has 0 bridgehead atoms. The van der Waals surface area contributed by atoms with Gasteiger partial charge in [0.15, 0.2) is 6.10 Å². The van der Waals surface area contributed by atoms with Crippen LogP contribution in [0.2, 0.25) is 0 Å². The van der Waals surface area contributed by atoms with Crippen molar-refractivity contribution in [3.8, 4) is 17.2 Å². The van der Waals surface area contributed by atoms with Gasteiger partial charge in [-0.25, -0.2) is 0 Å². The van der Waals surface area contributed by atoms with Crippen molar-refractivity contribution < 1.29 is 19.0 Å². The van der Waals surface area contributed by atoms with Gasteiger partial charge in [-0.15, -0.1) is 0 Å². The van der Waals surface area contributed by atoms with Crippen molar-refractivity contribution >= 4 is 11.6 Å². The summed E-state index contributed by atoms with van der Waals surface area (Å²) in [7, 11) is 3.13. The Kier molecular flexibility index (Phi) is 3.87. The third-order valence-electron chi connectivity index (χ3n) is 3.56. The zero-order chi connectivity index (χ0) is 15.5. The van der Waals surface area contributed by atoms with E-state index in [0.717, 1.165) is 11.3 Å². The van der Waals surface area contributed by atoms with Crippen LogP contribution < -0.4 is 19.5 Å². The molecule has 1 amide bonds. The summed E-state index contributed by atoms with van der Waals surface area (Å²) in [4.78, 5) is 12.4. The van der Waals surface area contributed by atoms with Crippen molar-refractivity contribution in [3.63, 3.8) is 0 Å². The Hall–Kier alpha value is -2.69. The standard InChI is InChI=1S/C17H17NO4/c1-20-13-8-12(9-14(10-13)21-2)18-17(19)16-7-11-5-3-4-6-15(11)22-16/h3-6,8-10,16H,7H2,1-2H3,(H,18,19)/t16-/m1/s1. The van der Waals surface area contributed by atoms with E-state index in [-0.39, 0.29) is 5.91 Å². The molecule has 1 atom stereocenters. The van der Waals surface area contributed by atoms with Gasteiger partial charge in [-0.3, -0.25) is 4.79 Å². The molecule has 2 aromatic rings. The Labute approximate surface area is 128 Å². The smallest absolute Gasteiger partial charge is 0.265 e. The second-order valence-electron chi connectivity index (χ2n) is 5.01. The van der Waals surface area contributed by atoms with Gasteiger partial charge in [0.25, 0.3) is 5.91 Å². The van der Waals surface area contributed by atoms with E-state index in [1.807, 2.05) is 24.3 Å². The van der Waals surface area contributed by atoms with Crippen LogP contribution in [0.4, 0.5) is 5.69 Å². The lowest BCUT2D eigenvalue weighted by Gasteiger charge is -2.13. The van der Waals surface area contributed by atoms with Crippen LogP contribution in [0.1, 0.15) is 5.56 Å². The largest absolute Gasteiger partial charge is 0.497 e. The molecule has 0 unspecified atom stereocenters. The van der Waals surface area contributed by atoms with Crippen LogP contribution in [0.25, 0.3) is 0 Å². The summed E-state index contributed by atoms with van der Waals surface area (Å²) in [6.45, 7) is 0. The fourth-order valence-corrected chi connectivity index (χ4v) is 2.43. The Bertz CT molecular complexity index is 652. The normalized spacial score (nSPS) is 15.6. The lowest BCUT2D eigenvalue weighted by Crippen LogP contribution is -2.31. The monoisotopic (exact) mass is 299 g/mol. The van der Waals surface area contributed by atoms with E-state index in [4.69, 9.17) is 14.2 Å². The Morgan fingerprint density at radius 1 is 1.14 bits per heavy atom.